The minimum Gasteiger partial charge on any atom is -0.385 e. The van der Waals surface area contributed by atoms with Crippen LogP contribution in [-0.2, 0) is 9.47 Å². The zero-order chi connectivity index (χ0) is 13.8. The summed E-state index contributed by atoms with van der Waals surface area (Å²) in [5.41, 5.74) is 0.419. The fraction of sp³-hybridized carbons (Fsp3) is 1.00. The van der Waals surface area contributed by atoms with Gasteiger partial charge in [0.15, 0.2) is 0 Å². The van der Waals surface area contributed by atoms with Gasteiger partial charge >= 0.3 is 0 Å². The van der Waals surface area contributed by atoms with E-state index in [-0.39, 0.29) is 11.0 Å². The summed E-state index contributed by atoms with van der Waals surface area (Å²) in [6.45, 7) is 14.0. The lowest BCUT2D eigenvalue weighted by Gasteiger charge is -2.40. The van der Waals surface area contributed by atoms with Crippen LogP contribution in [0.1, 0.15) is 47.5 Å². The Labute approximate surface area is 113 Å². The highest BCUT2D eigenvalue weighted by atomic mass is 16.5. The third-order valence-electron chi connectivity index (χ3n) is 4.43. The topological polar surface area (TPSA) is 30.5 Å². The van der Waals surface area contributed by atoms with E-state index in [1.165, 1.54) is 0 Å². The zero-order valence-corrected chi connectivity index (χ0v) is 13.0. The maximum atomic E-state index is 5.85. The van der Waals surface area contributed by atoms with Gasteiger partial charge < -0.3 is 14.8 Å². The molecule has 0 aromatic heterocycles. The molecule has 0 bridgehead atoms. The number of nitrogens with one attached hydrogen (secondary N) is 1. The predicted molar refractivity (Wildman–Crippen MR) is 75.9 cm³/mol. The van der Waals surface area contributed by atoms with Crippen LogP contribution in [0.25, 0.3) is 0 Å². The van der Waals surface area contributed by atoms with E-state index in [2.05, 4.69) is 39.9 Å². The van der Waals surface area contributed by atoms with E-state index >= 15 is 0 Å². The van der Waals surface area contributed by atoms with Crippen LogP contribution in [0.4, 0.5) is 0 Å². The molecule has 3 heteroatoms. The summed E-state index contributed by atoms with van der Waals surface area (Å²) >= 11 is 0. The SMILES string of the molecule is COCCC(C)C1(CNC(C)(C)C)CCOC1C. The van der Waals surface area contributed by atoms with Gasteiger partial charge in [0.1, 0.15) is 0 Å². The molecule has 1 aliphatic heterocycles. The van der Waals surface area contributed by atoms with Gasteiger partial charge in [-0.25, -0.2) is 0 Å². The first-order valence-corrected chi connectivity index (χ1v) is 7.17. The van der Waals surface area contributed by atoms with Gasteiger partial charge in [-0.15, -0.1) is 0 Å². The number of methoxy groups -OCH3 is 1. The van der Waals surface area contributed by atoms with Crippen LogP contribution in [-0.4, -0.2) is 38.5 Å². The molecule has 3 atom stereocenters. The van der Waals surface area contributed by atoms with Crippen LogP contribution < -0.4 is 5.32 Å². The van der Waals surface area contributed by atoms with Gasteiger partial charge in [0.05, 0.1) is 6.10 Å². The summed E-state index contributed by atoms with van der Waals surface area (Å²) in [6.07, 6.45) is 2.59. The summed E-state index contributed by atoms with van der Waals surface area (Å²) in [7, 11) is 1.78. The summed E-state index contributed by atoms with van der Waals surface area (Å²) in [6, 6.07) is 0. The van der Waals surface area contributed by atoms with Crippen LogP contribution in [0.15, 0.2) is 0 Å². The molecule has 1 N–H and O–H groups in total. The molecule has 3 nitrogen and oxygen atoms in total. The molecule has 1 aliphatic rings. The largest absolute Gasteiger partial charge is 0.385 e. The third kappa shape index (κ3) is 3.94. The van der Waals surface area contributed by atoms with Crippen molar-refractivity contribution in [1.82, 2.24) is 5.32 Å². The molecule has 0 amide bonds. The molecular formula is C15H31NO2. The van der Waals surface area contributed by atoms with E-state index in [1.807, 2.05) is 0 Å². The highest BCUT2D eigenvalue weighted by molar-refractivity contribution is 4.96. The van der Waals surface area contributed by atoms with Crippen molar-refractivity contribution in [2.24, 2.45) is 11.3 Å². The van der Waals surface area contributed by atoms with Crippen molar-refractivity contribution in [1.29, 1.82) is 0 Å². The summed E-state index contributed by atoms with van der Waals surface area (Å²) in [4.78, 5) is 0. The normalized spacial score (nSPS) is 30.7. The smallest absolute Gasteiger partial charge is 0.0618 e. The molecule has 0 aromatic rings. The second kappa shape index (κ2) is 6.36. The van der Waals surface area contributed by atoms with Crippen molar-refractivity contribution in [3.63, 3.8) is 0 Å². The summed E-state index contributed by atoms with van der Waals surface area (Å²) < 4.78 is 11.1. The lowest BCUT2D eigenvalue weighted by atomic mass is 9.70. The Bertz CT molecular complexity index is 249. The second-order valence-corrected chi connectivity index (χ2v) is 6.78. The van der Waals surface area contributed by atoms with Crippen molar-refractivity contribution < 1.29 is 9.47 Å². The molecule has 1 saturated heterocycles. The maximum Gasteiger partial charge on any atom is 0.0618 e. The van der Waals surface area contributed by atoms with Crippen molar-refractivity contribution in [3.05, 3.63) is 0 Å². The highest BCUT2D eigenvalue weighted by Gasteiger charge is 2.45. The lowest BCUT2D eigenvalue weighted by Crippen LogP contribution is -2.49. The van der Waals surface area contributed by atoms with Crippen LogP contribution in [0.3, 0.4) is 0 Å². The fourth-order valence-electron chi connectivity index (χ4n) is 2.86. The zero-order valence-electron chi connectivity index (χ0n) is 13.0. The van der Waals surface area contributed by atoms with E-state index in [1.54, 1.807) is 7.11 Å². The lowest BCUT2D eigenvalue weighted by molar-refractivity contribution is 0.0188. The molecule has 0 aromatic carbocycles. The molecular weight excluding hydrogens is 226 g/mol. The van der Waals surface area contributed by atoms with E-state index < -0.39 is 0 Å². The molecule has 1 heterocycles. The van der Waals surface area contributed by atoms with Crippen molar-refractivity contribution in [2.75, 3.05) is 26.9 Å². The van der Waals surface area contributed by atoms with Crippen molar-refractivity contribution >= 4 is 0 Å². The van der Waals surface area contributed by atoms with Gasteiger partial charge in [-0.2, -0.15) is 0 Å². The number of hydrogen-bond donors (Lipinski definition) is 1. The molecule has 0 radical (unpaired) electrons. The Morgan fingerprint density at radius 1 is 1.44 bits per heavy atom. The first-order valence-electron chi connectivity index (χ1n) is 7.17. The Hall–Kier alpha value is -0.120. The summed E-state index contributed by atoms with van der Waals surface area (Å²) in [5.74, 6) is 0.616. The number of ether oxygens (including phenoxy) is 2. The molecule has 0 saturated carbocycles. The molecule has 0 spiro atoms. The van der Waals surface area contributed by atoms with Gasteiger partial charge in [0, 0.05) is 37.8 Å². The third-order valence-corrected chi connectivity index (χ3v) is 4.43. The summed E-state index contributed by atoms with van der Waals surface area (Å²) in [5, 5.41) is 3.67. The Morgan fingerprint density at radius 2 is 2.11 bits per heavy atom. The van der Waals surface area contributed by atoms with Gasteiger partial charge in [-0.3, -0.25) is 0 Å². The second-order valence-electron chi connectivity index (χ2n) is 6.78. The van der Waals surface area contributed by atoms with E-state index in [9.17, 15) is 0 Å². The minimum atomic E-state index is 0.163. The van der Waals surface area contributed by atoms with E-state index in [0.29, 0.717) is 12.0 Å². The van der Waals surface area contributed by atoms with Crippen molar-refractivity contribution in [2.45, 2.75) is 59.1 Å². The number of hydrogen-bond acceptors (Lipinski definition) is 3. The van der Waals surface area contributed by atoms with Crippen LogP contribution >= 0.6 is 0 Å². The fourth-order valence-corrected chi connectivity index (χ4v) is 2.86. The van der Waals surface area contributed by atoms with Gasteiger partial charge in [-0.1, -0.05) is 6.92 Å². The molecule has 3 unspecified atom stereocenters. The van der Waals surface area contributed by atoms with Crippen LogP contribution in [0.5, 0.6) is 0 Å². The number of rotatable bonds is 6. The minimum absolute atomic E-state index is 0.163. The van der Waals surface area contributed by atoms with Gasteiger partial charge in [0.2, 0.25) is 0 Å². The molecule has 1 rings (SSSR count). The van der Waals surface area contributed by atoms with Crippen molar-refractivity contribution in [3.8, 4) is 0 Å². The predicted octanol–water partition coefficient (Wildman–Crippen LogP) is 2.84. The van der Waals surface area contributed by atoms with Gasteiger partial charge in [-0.05, 0) is 46.5 Å². The average molecular weight is 257 g/mol. The monoisotopic (exact) mass is 257 g/mol. The van der Waals surface area contributed by atoms with E-state index in [0.717, 1.165) is 32.6 Å². The van der Waals surface area contributed by atoms with E-state index in [4.69, 9.17) is 9.47 Å². The van der Waals surface area contributed by atoms with Gasteiger partial charge in [0.25, 0.3) is 0 Å². The average Bonchev–Trinajstić information content (AvgIpc) is 2.65. The first-order chi connectivity index (χ1) is 8.32. The Morgan fingerprint density at radius 3 is 2.56 bits per heavy atom. The van der Waals surface area contributed by atoms with Crippen LogP contribution in [0.2, 0.25) is 0 Å². The Balaban J connectivity index is 2.69. The molecule has 108 valence electrons. The molecule has 0 aliphatic carbocycles. The first kappa shape index (κ1) is 15.9. The van der Waals surface area contributed by atoms with Crippen LogP contribution in [0, 0.1) is 11.3 Å². The maximum absolute atomic E-state index is 5.85. The Kier molecular flexibility index (Phi) is 5.63. The molecule has 1 fully saturated rings. The quantitative estimate of drug-likeness (QED) is 0.793. The highest BCUT2D eigenvalue weighted by Crippen LogP contribution is 2.43. The molecule has 18 heavy (non-hydrogen) atoms. The standard InChI is InChI=1S/C15H31NO2/c1-12(7-9-17-6)15(8-10-18-13(15)2)11-16-14(3,4)5/h12-13,16H,7-11H2,1-6H3.